The summed E-state index contributed by atoms with van der Waals surface area (Å²) in [6.07, 6.45) is 1.50. The number of hydrogen-bond donors (Lipinski definition) is 3. The van der Waals surface area contributed by atoms with Gasteiger partial charge in [0.1, 0.15) is 0 Å². The molecule has 0 saturated carbocycles. The highest BCUT2D eigenvalue weighted by Gasteiger charge is 2.25. The number of nitrogens with zero attached hydrogens (tertiary/aromatic N) is 1. The molecule has 1 aromatic carbocycles. The molecule has 0 radical (unpaired) electrons. The molecule has 0 unspecified atom stereocenters. The van der Waals surface area contributed by atoms with Crippen molar-refractivity contribution in [3.8, 4) is 0 Å². The smallest absolute Gasteiger partial charge is 0.319 e. The van der Waals surface area contributed by atoms with Crippen molar-refractivity contribution in [3.63, 3.8) is 0 Å². The zero-order chi connectivity index (χ0) is 20.9. The number of carbonyl (C=O) groups excluding carboxylic acids is 3. The molecule has 0 aromatic heterocycles. The maximum absolute atomic E-state index is 12.2. The second-order valence-electron chi connectivity index (χ2n) is 8.63. The number of rotatable bonds is 4. The van der Waals surface area contributed by atoms with Gasteiger partial charge >= 0.3 is 6.03 Å². The zero-order valence-electron chi connectivity index (χ0n) is 17.5. The van der Waals surface area contributed by atoms with Crippen molar-refractivity contribution in [1.82, 2.24) is 15.5 Å². The Morgan fingerprint density at radius 3 is 2.11 bits per heavy atom. The molecule has 7 nitrogen and oxygen atoms in total. The molecule has 1 heterocycles. The van der Waals surface area contributed by atoms with Crippen molar-refractivity contribution < 1.29 is 14.4 Å². The minimum atomic E-state index is -0.302. The molecular weight excluding hydrogens is 356 g/mol. The first-order valence-corrected chi connectivity index (χ1v) is 9.84. The quantitative estimate of drug-likeness (QED) is 0.741. The fraction of sp³-hybridized carbons (Fsp3) is 0.571. The van der Waals surface area contributed by atoms with Crippen molar-refractivity contribution in [1.29, 1.82) is 0 Å². The lowest BCUT2D eigenvalue weighted by atomic mass is 10.0. The molecule has 3 N–H and O–H groups in total. The Morgan fingerprint density at radius 1 is 1.04 bits per heavy atom. The molecule has 4 amide bonds. The highest BCUT2D eigenvalue weighted by molar-refractivity contribution is 5.96. The lowest BCUT2D eigenvalue weighted by Gasteiger charge is -2.33. The molecule has 28 heavy (non-hydrogen) atoms. The third kappa shape index (κ3) is 6.55. The number of urea groups is 1. The third-order valence-corrected chi connectivity index (χ3v) is 4.53. The van der Waals surface area contributed by atoms with Gasteiger partial charge in [-0.25, -0.2) is 4.79 Å². The number of benzene rings is 1. The van der Waals surface area contributed by atoms with Crippen LogP contribution in [0.2, 0.25) is 0 Å². The number of carbonyl (C=O) groups is 3. The predicted octanol–water partition coefficient (Wildman–Crippen LogP) is 2.98. The Labute approximate surface area is 167 Å². The van der Waals surface area contributed by atoms with Crippen LogP contribution in [0.15, 0.2) is 24.3 Å². The maximum Gasteiger partial charge on any atom is 0.319 e. The van der Waals surface area contributed by atoms with E-state index in [0.717, 1.165) is 12.8 Å². The summed E-state index contributed by atoms with van der Waals surface area (Å²) < 4.78 is 0. The summed E-state index contributed by atoms with van der Waals surface area (Å²) in [4.78, 5) is 38.2. The van der Waals surface area contributed by atoms with Crippen molar-refractivity contribution in [3.05, 3.63) is 29.8 Å². The van der Waals surface area contributed by atoms with Gasteiger partial charge in [0.15, 0.2) is 0 Å². The summed E-state index contributed by atoms with van der Waals surface area (Å²) in [5, 5.41) is 8.65. The van der Waals surface area contributed by atoms with Gasteiger partial charge in [-0.15, -0.1) is 0 Å². The van der Waals surface area contributed by atoms with Crippen LogP contribution in [-0.2, 0) is 4.79 Å². The summed E-state index contributed by atoms with van der Waals surface area (Å²) in [7, 11) is 0. The average molecular weight is 389 g/mol. The number of hydrogen-bond acceptors (Lipinski definition) is 3. The second-order valence-corrected chi connectivity index (χ2v) is 8.63. The standard InChI is InChI=1S/C21H32N4O3/c1-14(2)19(27)25-12-10-17(11-13-25)23-20(28)22-16-8-6-15(7-9-16)18(26)24-21(3,4)5/h6-9,14,17H,10-13H2,1-5H3,(H,24,26)(H2,22,23,28). The summed E-state index contributed by atoms with van der Waals surface area (Å²) in [5.74, 6) is 0.0194. The summed E-state index contributed by atoms with van der Waals surface area (Å²) in [6, 6.07) is 6.57. The van der Waals surface area contributed by atoms with Crippen molar-refractivity contribution in [2.75, 3.05) is 18.4 Å². The Balaban J connectivity index is 1.81. The van der Waals surface area contributed by atoms with Crippen LogP contribution in [0.25, 0.3) is 0 Å². The van der Waals surface area contributed by atoms with E-state index in [1.165, 1.54) is 0 Å². The Kier molecular flexibility index (Phi) is 7.05. The van der Waals surface area contributed by atoms with E-state index in [2.05, 4.69) is 16.0 Å². The van der Waals surface area contributed by atoms with Crippen molar-refractivity contribution >= 4 is 23.5 Å². The molecule has 0 atom stereocenters. The molecule has 7 heteroatoms. The van der Waals surface area contributed by atoms with E-state index in [-0.39, 0.29) is 35.3 Å². The Bertz CT molecular complexity index is 699. The summed E-state index contributed by atoms with van der Waals surface area (Å²) >= 11 is 0. The summed E-state index contributed by atoms with van der Waals surface area (Å²) in [5.41, 5.74) is 0.865. The van der Waals surface area contributed by atoms with Gasteiger partial charge in [0.05, 0.1) is 0 Å². The third-order valence-electron chi connectivity index (χ3n) is 4.53. The van der Waals surface area contributed by atoms with E-state index in [1.54, 1.807) is 24.3 Å². The van der Waals surface area contributed by atoms with E-state index in [9.17, 15) is 14.4 Å². The highest BCUT2D eigenvalue weighted by atomic mass is 16.2. The topological polar surface area (TPSA) is 90.5 Å². The number of nitrogens with one attached hydrogen (secondary N) is 3. The summed E-state index contributed by atoms with van der Waals surface area (Å²) in [6.45, 7) is 10.9. The second kappa shape index (κ2) is 9.08. The van der Waals surface area contributed by atoms with Gasteiger partial charge in [0.2, 0.25) is 5.91 Å². The van der Waals surface area contributed by atoms with Gasteiger partial charge in [-0.3, -0.25) is 9.59 Å². The Hall–Kier alpha value is -2.57. The minimum Gasteiger partial charge on any atom is -0.347 e. The lowest BCUT2D eigenvalue weighted by Crippen LogP contribution is -2.48. The largest absolute Gasteiger partial charge is 0.347 e. The van der Waals surface area contributed by atoms with Crippen LogP contribution in [0, 0.1) is 5.92 Å². The first-order valence-electron chi connectivity index (χ1n) is 9.84. The molecule has 2 rings (SSSR count). The molecule has 0 bridgehead atoms. The molecular formula is C21H32N4O3. The van der Waals surface area contributed by atoms with E-state index in [4.69, 9.17) is 0 Å². The molecule has 154 valence electrons. The molecule has 1 aliphatic heterocycles. The fourth-order valence-electron chi connectivity index (χ4n) is 3.08. The van der Waals surface area contributed by atoms with E-state index >= 15 is 0 Å². The van der Waals surface area contributed by atoms with E-state index in [1.807, 2.05) is 39.5 Å². The molecule has 1 aromatic rings. The van der Waals surface area contributed by atoms with Crippen LogP contribution >= 0.6 is 0 Å². The van der Waals surface area contributed by atoms with E-state index in [0.29, 0.717) is 24.3 Å². The van der Waals surface area contributed by atoms with Gasteiger partial charge < -0.3 is 20.9 Å². The Morgan fingerprint density at radius 2 is 1.61 bits per heavy atom. The lowest BCUT2D eigenvalue weighted by molar-refractivity contribution is -0.135. The van der Waals surface area contributed by atoms with Gasteiger partial charge in [0.25, 0.3) is 5.91 Å². The van der Waals surface area contributed by atoms with Crippen LogP contribution in [-0.4, -0.2) is 47.4 Å². The van der Waals surface area contributed by atoms with Crippen LogP contribution in [0.4, 0.5) is 10.5 Å². The molecule has 1 aliphatic rings. The van der Waals surface area contributed by atoms with Gasteiger partial charge in [-0.2, -0.15) is 0 Å². The van der Waals surface area contributed by atoms with Crippen LogP contribution in [0.1, 0.15) is 57.8 Å². The van der Waals surface area contributed by atoms with Crippen molar-refractivity contribution in [2.45, 2.75) is 59.0 Å². The van der Waals surface area contributed by atoms with Crippen molar-refractivity contribution in [2.24, 2.45) is 5.92 Å². The predicted molar refractivity (Wildman–Crippen MR) is 110 cm³/mol. The number of piperidine rings is 1. The van der Waals surface area contributed by atoms with Gasteiger partial charge in [0, 0.05) is 41.8 Å². The maximum atomic E-state index is 12.2. The minimum absolute atomic E-state index is 0.00117. The number of likely N-dealkylation sites (tertiary alicyclic amines) is 1. The zero-order valence-corrected chi connectivity index (χ0v) is 17.5. The number of anilines is 1. The van der Waals surface area contributed by atoms with Gasteiger partial charge in [-0.05, 0) is 57.9 Å². The average Bonchev–Trinajstić information content (AvgIpc) is 2.60. The van der Waals surface area contributed by atoms with Crippen LogP contribution in [0.3, 0.4) is 0 Å². The molecule has 0 spiro atoms. The molecule has 1 saturated heterocycles. The van der Waals surface area contributed by atoms with E-state index < -0.39 is 0 Å². The van der Waals surface area contributed by atoms with Crippen LogP contribution in [0.5, 0.6) is 0 Å². The van der Waals surface area contributed by atoms with Crippen LogP contribution < -0.4 is 16.0 Å². The first kappa shape index (κ1) is 21.7. The van der Waals surface area contributed by atoms with Gasteiger partial charge in [-0.1, -0.05) is 13.8 Å². The fourth-order valence-corrected chi connectivity index (χ4v) is 3.08. The number of amides is 4. The molecule has 1 fully saturated rings. The highest BCUT2D eigenvalue weighted by Crippen LogP contribution is 2.14. The monoisotopic (exact) mass is 388 g/mol. The first-order chi connectivity index (χ1) is 13.0. The normalized spacial score (nSPS) is 15.3. The SMILES string of the molecule is CC(C)C(=O)N1CCC(NC(=O)Nc2ccc(C(=O)NC(C)(C)C)cc2)CC1. The molecule has 0 aliphatic carbocycles.